The summed E-state index contributed by atoms with van der Waals surface area (Å²) in [5.41, 5.74) is -4.52. The van der Waals surface area contributed by atoms with Crippen LogP contribution in [0.2, 0.25) is 0 Å². The predicted octanol–water partition coefficient (Wildman–Crippen LogP) is 1.75. The van der Waals surface area contributed by atoms with Gasteiger partial charge >= 0.3 is 16.0 Å². The van der Waals surface area contributed by atoms with E-state index in [1.807, 2.05) is 0 Å². The van der Waals surface area contributed by atoms with Crippen LogP contribution in [-0.4, -0.2) is 43.2 Å². The lowest BCUT2D eigenvalue weighted by Crippen LogP contribution is -2.49. The fourth-order valence-electron chi connectivity index (χ4n) is 0.664. The first-order valence-electron chi connectivity index (χ1n) is 3.46. The first-order valence-corrected chi connectivity index (χ1v) is 4.97. The van der Waals surface area contributed by atoms with Crippen LogP contribution in [0.25, 0.3) is 0 Å². The smallest absolute Gasteiger partial charge is 0.283 e. The van der Waals surface area contributed by atoms with Gasteiger partial charge in [0.05, 0.1) is 0 Å². The van der Waals surface area contributed by atoms with Gasteiger partial charge in [-0.25, -0.2) is 22.0 Å². The molecule has 0 heterocycles. The lowest BCUT2D eigenvalue weighted by Gasteiger charge is -2.24. The number of alkyl halides is 7. The summed E-state index contributed by atoms with van der Waals surface area (Å²) in [5.74, 6) is -5.62. The molecule has 0 rings (SSSR count). The van der Waals surface area contributed by atoms with E-state index in [2.05, 4.69) is 0 Å². The van der Waals surface area contributed by atoms with Gasteiger partial charge in [-0.2, -0.15) is 17.2 Å². The maximum absolute atomic E-state index is 12.5. The average molecular weight is 278 g/mol. The van der Waals surface area contributed by atoms with Gasteiger partial charge in [-0.1, -0.05) is 0 Å². The Bertz CT molecular complexity index is 329. The molecule has 0 aromatic rings. The molecule has 0 aliphatic heterocycles. The van der Waals surface area contributed by atoms with Crippen LogP contribution in [0.3, 0.4) is 0 Å². The number of rotatable bonds is 5. The molecule has 0 fully saturated rings. The van der Waals surface area contributed by atoms with Gasteiger partial charge in [0.1, 0.15) is 0 Å². The highest BCUT2D eigenvalue weighted by atomic mass is 32.2. The molecule has 16 heavy (non-hydrogen) atoms. The van der Waals surface area contributed by atoms with Gasteiger partial charge < -0.3 is 0 Å². The van der Waals surface area contributed by atoms with Gasteiger partial charge in [0.2, 0.25) is 6.17 Å². The minimum Gasteiger partial charge on any atom is -0.283 e. The summed E-state index contributed by atoms with van der Waals surface area (Å²) < 4.78 is 112. The van der Waals surface area contributed by atoms with Crippen molar-refractivity contribution in [2.75, 3.05) is 0 Å². The van der Waals surface area contributed by atoms with Crippen molar-refractivity contribution in [3.63, 3.8) is 0 Å². The van der Waals surface area contributed by atoms with Crippen LogP contribution >= 0.6 is 0 Å². The fraction of sp³-hybridized carbons (Fsp3) is 1.00. The van der Waals surface area contributed by atoms with E-state index in [1.165, 1.54) is 0 Å². The molecule has 0 saturated carbocycles. The zero-order valence-corrected chi connectivity index (χ0v) is 7.94. The van der Waals surface area contributed by atoms with Crippen molar-refractivity contribution in [3.8, 4) is 0 Å². The Hall–Kier alpha value is -0.580. The molecule has 0 aliphatic rings. The Balaban J connectivity index is 5.06. The number of halogens is 7. The third-order valence-corrected chi connectivity index (χ3v) is 2.29. The lowest BCUT2D eigenvalue weighted by molar-refractivity contribution is -0.147. The van der Waals surface area contributed by atoms with Crippen LogP contribution in [0.1, 0.15) is 0 Å². The van der Waals surface area contributed by atoms with E-state index < -0.39 is 40.3 Å². The van der Waals surface area contributed by atoms with Crippen molar-refractivity contribution >= 4 is 10.1 Å². The van der Waals surface area contributed by atoms with E-state index in [1.54, 1.807) is 0 Å². The number of hydrogen-bond acceptors (Lipinski definition) is 2. The molecule has 98 valence electrons. The summed E-state index contributed by atoms with van der Waals surface area (Å²) in [6, 6.07) is 0. The van der Waals surface area contributed by atoms with Crippen molar-refractivity contribution in [1.29, 1.82) is 0 Å². The normalized spacial score (nSPS) is 19.6. The Morgan fingerprint density at radius 2 is 1.38 bits per heavy atom. The van der Waals surface area contributed by atoms with E-state index in [0.29, 0.717) is 0 Å². The van der Waals surface area contributed by atoms with E-state index in [-0.39, 0.29) is 0 Å². The van der Waals surface area contributed by atoms with Crippen molar-refractivity contribution in [2.24, 2.45) is 0 Å². The maximum atomic E-state index is 12.5. The summed E-state index contributed by atoms with van der Waals surface area (Å²) in [7, 11) is -6.03. The third-order valence-electron chi connectivity index (χ3n) is 1.45. The molecule has 3 unspecified atom stereocenters. The standard InChI is InChI=1S/C5H5F7O3S/c6-1(3(8)9)2(7)5(11,12)4(10)16(13,14)15/h1-4H,(H,13,14,15). The second-order valence-corrected chi connectivity index (χ2v) is 4.13. The highest BCUT2D eigenvalue weighted by molar-refractivity contribution is 7.86. The van der Waals surface area contributed by atoms with Gasteiger partial charge in [-0.3, -0.25) is 4.55 Å². The van der Waals surface area contributed by atoms with Gasteiger partial charge in [0.15, 0.2) is 6.17 Å². The molecule has 0 bridgehead atoms. The molecule has 3 atom stereocenters. The van der Waals surface area contributed by atoms with Crippen molar-refractivity contribution in [1.82, 2.24) is 0 Å². The SMILES string of the molecule is O=S(=O)(O)C(F)C(F)(F)C(F)C(F)C(F)F. The van der Waals surface area contributed by atoms with Gasteiger partial charge in [0.25, 0.3) is 11.9 Å². The van der Waals surface area contributed by atoms with Crippen LogP contribution in [-0.2, 0) is 10.1 Å². The molecule has 0 aromatic carbocycles. The molecule has 3 nitrogen and oxygen atoms in total. The van der Waals surface area contributed by atoms with E-state index >= 15 is 0 Å². The molecule has 11 heteroatoms. The van der Waals surface area contributed by atoms with Crippen molar-refractivity contribution in [2.45, 2.75) is 30.2 Å². The molecule has 0 aliphatic carbocycles. The predicted molar refractivity (Wildman–Crippen MR) is 37.2 cm³/mol. The molecular weight excluding hydrogens is 273 g/mol. The molecule has 0 amide bonds. The van der Waals surface area contributed by atoms with Gasteiger partial charge in [-0.05, 0) is 0 Å². The van der Waals surface area contributed by atoms with Gasteiger partial charge in [0, 0.05) is 0 Å². The van der Waals surface area contributed by atoms with Crippen LogP contribution in [0.4, 0.5) is 30.7 Å². The maximum Gasteiger partial charge on any atom is 0.329 e. The Kier molecular flexibility index (Phi) is 4.56. The van der Waals surface area contributed by atoms with Crippen LogP contribution in [0.5, 0.6) is 0 Å². The van der Waals surface area contributed by atoms with E-state index in [9.17, 15) is 39.2 Å². The highest BCUT2D eigenvalue weighted by Crippen LogP contribution is 2.35. The van der Waals surface area contributed by atoms with E-state index in [0.717, 1.165) is 0 Å². The first-order chi connectivity index (χ1) is 6.92. The minimum atomic E-state index is -6.03. The van der Waals surface area contributed by atoms with Crippen LogP contribution < -0.4 is 0 Å². The molecule has 1 N–H and O–H groups in total. The van der Waals surface area contributed by atoms with Crippen molar-refractivity contribution < 1.29 is 43.7 Å². The zero-order valence-electron chi connectivity index (χ0n) is 7.13. The largest absolute Gasteiger partial charge is 0.329 e. The second-order valence-electron chi connectivity index (χ2n) is 2.69. The summed E-state index contributed by atoms with van der Waals surface area (Å²) >= 11 is 0. The third kappa shape index (κ3) is 3.20. The Labute approximate surface area is 85.0 Å². The molecule has 0 saturated heterocycles. The first kappa shape index (κ1) is 15.4. The zero-order chi connectivity index (χ0) is 13.3. The topological polar surface area (TPSA) is 54.4 Å². The van der Waals surface area contributed by atoms with Crippen molar-refractivity contribution in [3.05, 3.63) is 0 Å². The summed E-state index contributed by atoms with van der Waals surface area (Å²) in [6.07, 6.45) is -12.7. The summed E-state index contributed by atoms with van der Waals surface area (Å²) in [5, 5.41) is 0. The highest BCUT2D eigenvalue weighted by Gasteiger charge is 2.59. The monoisotopic (exact) mass is 278 g/mol. The lowest BCUT2D eigenvalue weighted by atomic mass is 10.1. The number of hydrogen-bond donors (Lipinski definition) is 1. The minimum absolute atomic E-state index is 4.07. The molecular formula is C5H5F7O3S. The Morgan fingerprint density at radius 1 is 1.00 bits per heavy atom. The molecule has 0 spiro atoms. The fourth-order valence-corrected chi connectivity index (χ4v) is 1.19. The quantitative estimate of drug-likeness (QED) is 0.615. The second kappa shape index (κ2) is 4.73. The van der Waals surface area contributed by atoms with Crippen LogP contribution in [0.15, 0.2) is 0 Å². The van der Waals surface area contributed by atoms with Crippen LogP contribution in [0, 0.1) is 0 Å². The summed E-state index contributed by atoms with van der Waals surface area (Å²) in [4.78, 5) is 0. The molecule has 0 aromatic heterocycles. The molecule has 0 radical (unpaired) electrons. The summed E-state index contributed by atoms with van der Waals surface area (Å²) in [6.45, 7) is 0. The van der Waals surface area contributed by atoms with E-state index in [4.69, 9.17) is 4.55 Å². The Morgan fingerprint density at radius 3 is 1.62 bits per heavy atom. The average Bonchev–Trinajstić information content (AvgIpc) is 2.12. The van der Waals surface area contributed by atoms with Gasteiger partial charge in [-0.15, -0.1) is 0 Å².